The van der Waals surface area contributed by atoms with E-state index < -0.39 is 0 Å². The maximum absolute atomic E-state index is 13.7. The molecule has 3 aromatic heterocycles. The third-order valence-electron chi connectivity index (χ3n) is 5.42. The number of hydrogen-bond donors (Lipinski definition) is 0. The molecular formula is C25H22N4O2S2. The molecule has 0 spiro atoms. The van der Waals surface area contributed by atoms with Gasteiger partial charge >= 0.3 is 0 Å². The summed E-state index contributed by atoms with van der Waals surface area (Å²) in [6.07, 6.45) is 0.799. The maximum atomic E-state index is 13.7. The third-order valence-corrected chi connectivity index (χ3v) is 7.39. The zero-order valence-corrected chi connectivity index (χ0v) is 20.2. The number of benzene rings is 2. The topological polar surface area (TPSA) is 73.8 Å². The SMILES string of the molecule is CCc1c(C)sc2nc(SCc3nnc(-c4ccccc4)o3)n(-c3cccc(C)c3)c(=O)c12. The van der Waals surface area contributed by atoms with Crippen LogP contribution in [-0.4, -0.2) is 19.7 Å². The van der Waals surface area contributed by atoms with Gasteiger partial charge in [0.1, 0.15) is 4.83 Å². The Morgan fingerprint density at radius 1 is 1.06 bits per heavy atom. The first kappa shape index (κ1) is 21.6. The van der Waals surface area contributed by atoms with Crippen molar-refractivity contribution >= 4 is 33.3 Å². The molecule has 0 bridgehead atoms. The molecule has 0 fully saturated rings. The van der Waals surface area contributed by atoms with E-state index in [9.17, 15) is 4.79 Å². The lowest BCUT2D eigenvalue weighted by Crippen LogP contribution is -2.22. The molecule has 3 heterocycles. The van der Waals surface area contributed by atoms with Gasteiger partial charge in [-0.2, -0.15) is 0 Å². The molecule has 0 amide bonds. The molecule has 0 N–H and O–H groups in total. The van der Waals surface area contributed by atoms with Crippen molar-refractivity contribution in [1.82, 2.24) is 19.7 Å². The highest BCUT2D eigenvalue weighted by Crippen LogP contribution is 2.32. The zero-order chi connectivity index (χ0) is 22.9. The Balaban J connectivity index is 1.57. The highest BCUT2D eigenvalue weighted by molar-refractivity contribution is 7.98. The molecule has 0 saturated carbocycles. The normalized spacial score (nSPS) is 11.4. The van der Waals surface area contributed by atoms with Gasteiger partial charge in [0.2, 0.25) is 11.8 Å². The summed E-state index contributed by atoms with van der Waals surface area (Å²) in [5.41, 5.74) is 3.80. The molecule has 5 aromatic rings. The fourth-order valence-electron chi connectivity index (χ4n) is 3.85. The summed E-state index contributed by atoms with van der Waals surface area (Å²) in [5.74, 6) is 1.38. The maximum Gasteiger partial charge on any atom is 0.267 e. The molecule has 6 nitrogen and oxygen atoms in total. The zero-order valence-electron chi connectivity index (χ0n) is 18.5. The summed E-state index contributed by atoms with van der Waals surface area (Å²) in [5, 5.41) is 9.69. The van der Waals surface area contributed by atoms with Crippen LogP contribution >= 0.6 is 23.1 Å². The van der Waals surface area contributed by atoms with Gasteiger partial charge in [-0.15, -0.1) is 21.5 Å². The number of thioether (sulfide) groups is 1. The summed E-state index contributed by atoms with van der Waals surface area (Å²) in [7, 11) is 0. The largest absolute Gasteiger partial charge is 0.420 e. The Kier molecular flexibility index (Phi) is 5.86. The van der Waals surface area contributed by atoms with Crippen molar-refractivity contribution in [2.24, 2.45) is 0 Å². The number of rotatable bonds is 6. The van der Waals surface area contributed by atoms with Crippen LogP contribution in [0.4, 0.5) is 0 Å². The van der Waals surface area contributed by atoms with E-state index in [1.54, 1.807) is 15.9 Å². The average molecular weight is 475 g/mol. The molecule has 33 heavy (non-hydrogen) atoms. The van der Waals surface area contributed by atoms with E-state index in [4.69, 9.17) is 9.40 Å². The first-order valence-corrected chi connectivity index (χ1v) is 12.5. The van der Waals surface area contributed by atoms with Crippen LogP contribution in [0.1, 0.15) is 28.8 Å². The molecule has 0 aliphatic carbocycles. The summed E-state index contributed by atoms with van der Waals surface area (Å²) in [6.45, 7) is 6.15. The summed E-state index contributed by atoms with van der Waals surface area (Å²) in [4.78, 5) is 20.5. The quantitative estimate of drug-likeness (QED) is 0.223. The second kappa shape index (κ2) is 8.96. The number of fused-ring (bicyclic) bond motifs is 1. The lowest BCUT2D eigenvalue weighted by molar-refractivity contribution is 0.528. The average Bonchev–Trinajstić information content (AvgIpc) is 3.42. The van der Waals surface area contributed by atoms with Crippen LogP contribution in [0.25, 0.3) is 27.4 Å². The lowest BCUT2D eigenvalue weighted by Gasteiger charge is -2.12. The highest BCUT2D eigenvalue weighted by atomic mass is 32.2. The second-order valence-corrected chi connectivity index (χ2v) is 9.85. The minimum atomic E-state index is -0.0372. The van der Waals surface area contributed by atoms with Crippen molar-refractivity contribution in [3.05, 3.63) is 86.8 Å². The minimum Gasteiger partial charge on any atom is -0.420 e. The van der Waals surface area contributed by atoms with Gasteiger partial charge in [-0.1, -0.05) is 49.0 Å². The highest BCUT2D eigenvalue weighted by Gasteiger charge is 2.20. The number of thiophene rings is 1. The van der Waals surface area contributed by atoms with Crippen molar-refractivity contribution in [2.75, 3.05) is 0 Å². The molecule has 0 unspecified atom stereocenters. The van der Waals surface area contributed by atoms with Gasteiger partial charge in [-0.25, -0.2) is 4.98 Å². The van der Waals surface area contributed by atoms with Crippen molar-refractivity contribution < 1.29 is 4.42 Å². The van der Waals surface area contributed by atoms with Crippen LogP contribution in [0.2, 0.25) is 0 Å². The molecule has 0 aliphatic rings. The van der Waals surface area contributed by atoms with Crippen molar-refractivity contribution in [3.8, 4) is 17.1 Å². The summed E-state index contributed by atoms with van der Waals surface area (Å²) < 4.78 is 7.57. The Morgan fingerprint density at radius 2 is 1.88 bits per heavy atom. The molecule has 5 rings (SSSR count). The first-order valence-electron chi connectivity index (χ1n) is 10.7. The monoisotopic (exact) mass is 474 g/mol. The van der Waals surface area contributed by atoms with Gasteiger partial charge in [-0.05, 0) is 55.7 Å². The number of nitrogens with zero attached hydrogens (tertiary/aromatic N) is 4. The molecule has 0 saturated heterocycles. The van der Waals surface area contributed by atoms with E-state index in [1.165, 1.54) is 11.8 Å². The van der Waals surface area contributed by atoms with Crippen LogP contribution in [-0.2, 0) is 12.2 Å². The van der Waals surface area contributed by atoms with Crippen LogP contribution in [0.15, 0.2) is 69.0 Å². The van der Waals surface area contributed by atoms with Crippen molar-refractivity contribution in [1.29, 1.82) is 0 Å². The molecule has 0 radical (unpaired) electrons. The summed E-state index contributed by atoms with van der Waals surface area (Å²) in [6, 6.07) is 17.6. The van der Waals surface area contributed by atoms with Crippen LogP contribution < -0.4 is 5.56 Å². The van der Waals surface area contributed by atoms with E-state index in [0.717, 1.165) is 43.9 Å². The predicted molar refractivity (Wildman–Crippen MR) is 133 cm³/mol. The van der Waals surface area contributed by atoms with E-state index in [2.05, 4.69) is 24.0 Å². The van der Waals surface area contributed by atoms with Gasteiger partial charge in [-0.3, -0.25) is 9.36 Å². The van der Waals surface area contributed by atoms with Gasteiger partial charge in [0.05, 0.1) is 16.8 Å². The predicted octanol–water partition coefficient (Wildman–Crippen LogP) is 5.97. The smallest absolute Gasteiger partial charge is 0.267 e. The Labute approximate surface area is 199 Å². The first-order chi connectivity index (χ1) is 16.0. The molecule has 2 aromatic carbocycles. The minimum absolute atomic E-state index is 0.0372. The van der Waals surface area contributed by atoms with Crippen molar-refractivity contribution in [2.45, 2.75) is 38.1 Å². The van der Waals surface area contributed by atoms with E-state index in [-0.39, 0.29) is 5.56 Å². The fourth-order valence-corrected chi connectivity index (χ4v) is 5.86. The number of aromatic nitrogens is 4. The van der Waals surface area contributed by atoms with Gasteiger partial charge in [0, 0.05) is 10.4 Å². The van der Waals surface area contributed by atoms with Gasteiger partial charge in [0.15, 0.2) is 5.16 Å². The molecule has 8 heteroatoms. The second-order valence-electron chi connectivity index (χ2n) is 7.70. The molecule has 0 atom stereocenters. The van der Waals surface area contributed by atoms with Crippen molar-refractivity contribution in [3.63, 3.8) is 0 Å². The lowest BCUT2D eigenvalue weighted by atomic mass is 10.1. The van der Waals surface area contributed by atoms with Crippen LogP contribution in [0, 0.1) is 13.8 Å². The van der Waals surface area contributed by atoms with E-state index >= 15 is 0 Å². The van der Waals surface area contributed by atoms with Crippen LogP contribution in [0.3, 0.4) is 0 Å². The third kappa shape index (κ3) is 4.12. The number of aryl methyl sites for hydroxylation is 3. The standard InChI is InChI=1S/C25H22N4O2S2/c1-4-19-16(3)33-23-21(19)24(30)29(18-12-8-9-15(2)13-18)25(26-23)32-14-20-27-28-22(31-20)17-10-6-5-7-11-17/h5-13H,4,14H2,1-3H3. The molecule has 0 aliphatic heterocycles. The van der Waals surface area contributed by atoms with Gasteiger partial charge in [0.25, 0.3) is 5.56 Å². The molecule has 166 valence electrons. The Hall–Kier alpha value is -3.23. The van der Waals surface area contributed by atoms with Gasteiger partial charge < -0.3 is 4.42 Å². The summed E-state index contributed by atoms with van der Waals surface area (Å²) >= 11 is 3.00. The molecular weight excluding hydrogens is 452 g/mol. The Bertz CT molecular complexity index is 1500. The fraction of sp³-hybridized carbons (Fsp3) is 0.200. The number of hydrogen-bond acceptors (Lipinski definition) is 7. The van der Waals surface area contributed by atoms with E-state index in [0.29, 0.717) is 22.7 Å². The Morgan fingerprint density at radius 3 is 2.64 bits per heavy atom. The van der Waals surface area contributed by atoms with Crippen LogP contribution in [0.5, 0.6) is 0 Å². The van der Waals surface area contributed by atoms with E-state index in [1.807, 2.05) is 61.5 Å².